The molecule has 23 heavy (non-hydrogen) atoms. The van der Waals surface area contributed by atoms with Crippen molar-refractivity contribution in [3.05, 3.63) is 69.2 Å². The minimum Gasteiger partial charge on any atom is -0.477 e. The molecule has 0 saturated carbocycles. The zero-order chi connectivity index (χ0) is 16.7. The molecule has 1 N–H and O–H groups in total. The van der Waals surface area contributed by atoms with E-state index in [1.807, 2.05) is 0 Å². The molecule has 8 heteroatoms. The number of halogens is 1. The lowest BCUT2D eigenvalue weighted by Crippen LogP contribution is -2.24. The third kappa shape index (κ3) is 5.08. The second kappa shape index (κ2) is 7.90. The van der Waals surface area contributed by atoms with Gasteiger partial charge in [0.05, 0.1) is 11.1 Å². The first-order valence-electron chi connectivity index (χ1n) is 6.50. The van der Waals surface area contributed by atoms with Crippen LogP contribution in [0.4, 0.5) is 5.69 Å². The van der Waals surface area contributed by atoms with Gasteiger partial charge in [0, 0.05) is 11.1 Å². The lowest BCUT2D eigenvalue weighted by molar-refractivity contribution is -0.385. The van der Waals surface area contributed by atoms with Crippen molar-refractivity contribution in [1.82, 2.24) is 5.43 Å². The number of para-hydroxylation sites is 2. The molecule has 0 aliphatic heterocycles. The molecule has 0 fully saturated rings. The van der Waals surface area contributed by atoms with E-state index in [1.165, 1.54) is 24.4 Å². The first-order valence-corrected chi connectivity index (χ1v) is 6.88. The zero-order valence-corrected chi connectivity index (χ0v) is 12.6. The normalized spacial score (nSPS) is 10.5. The maximum Gasteiger partial charge on any atom is 0.310 e. The number of nitro groups is 1. The summed E-state index contributed by atoms with van der Waals surface area (Å²) in [6.45, 7) is -0.386. The Kier molecular flexibility index (Phi) is 5.65. The minimum atomic E-state index is -0.577. The summed E-state index contributed by atoms with van der Waals surface area (Å²) in [5.74, 6) is -0.511. The van der Waals surface area contributed by atoms with Gasteiger partial charge < -0.3 is 4.74 Å². The molecule has 0 atom stereocenters. The second-order valence-electron chi connectivity index (χ2n) is 4.36. The molecule has 0 heterocycles. The second-order valence-corrected chi connectivity index (χ2v) is 4.79. The van der Waals surface area contributed by atoms with Crippen molar-refractivity contribution in [1.29, 1.82) is 0 Å². The maximum atomic E-state index is 11.6. The van der Waals surface area contributed by atoms with Gasteiger partial charge in [0.15, 0.2) is 12.4 Å². The van der Waals surface area contributed by atoms with Crippen molar-refractivity contribution >= 4 is 29.4 Å². The Morgan fingerprint density at radius 3 is 2.65 bits per heavy atom. The summed E-state index contributed by atoms with van der Waals surface area (Å²) >= 11 is 5.75. The van der Waals surface area contributed by atoms with Crippen LogP contribution in [0.2, 0.25) is 5.02 Å². The molecule has 2 aromatic rings. The van der Waals surface area contributed by atoms with Gasteiger partial charge in [-0.2, -0.15) is 5.10 Å². The predicted octanol–water partition coefficient (Wildman–Crippen LogP) is 2.78. The first kappa shape index (κ1) is 16.4. The molecular weight excluding hydrogens is 322 g/mol. The largest absolute Gasteiger partial charge is 0.477 e. The van der Waals surface area contributed by atoms with Gasteiger partial charge in [-0.15, -0.1) is 0 Å². The van der Waals surface area contributed by atoms with E-state index in [0.29, 0.717) is 5.02 Å². The summed E-state index contributed by atoms with van der Waals surface area (Å²) in [4.78, 5) is 21.8. The third-order valence-electron chi connectivity index (χ3n) is 2.69. The molecule has 0 spiro atoms. The molecule has 7 nitrogen and oxygen atoms in total. The molecule has 2 rings (SSSR count). The quantitative estimate of drug-likeness (QED) is 0.499. The Bertz CT molecular complexity index is 732. The molecule has 0 aliphatic rings. The van der Waals surface area contributed by atoms with Crippen LogP contribution in [-0.4, -0.2) is 23.7 Å². The molecule has 0 aromatic heterocycles. The van der Waals surface area contributed by atoms with Crippen LogP contribution in [0.25, 0.3) is 0 Å². The summed E-state index contributed by atoms with van der Waals surface area (Å²) in [6, 6.07) is 12.7. The van der Waals surface area contributed by atoms with Gasteiger partial charge in [-0.25, -0.2) is 5.43 Å². The topological polar surface area (TPSA) is 93.8 Å². The van der Waals surface area contributed by atoms with Gasteiger partial charge in [0.25, 0.3) is 5.91 Å². The summed E-state index contributed by atoms with van der Waals surface area (Å²) in [5.41, 5.74) is 2.82. The Hall–Kier alpha value is -2.93. The van der Waals surface area contributed by atoms with Gasteiger partial charge >= 0.3 is 5.69 Å². The highest BCUT2D eigenvalue weighted by Crippen LogP contribution is 2.25. The van der Waals surface area contributed by atoms with Gasteiger partial charge in [-0.1, -0.05) is 35.9 Å². The standard InChI is InChI=1S/C15H12ClN3O4/c16-12-7-5-11(6-8-12)9-17-18-15(20)10-23-14-4-2-1-3-13(14)19(21)22/h1-9H,10H2,(H,18,20)/b17-9-. The SMILES string of the molecule is O=C(COc1ccccc1[N+](=O)[O-])N/N=C\c1ccc(Cl)cc1. The highest BCUT2D eigenvalue weighted by atomic mass is 35.5. The van der Waals surface area contributed by atoms with Crippen molar-refractivity contribution in [3.8, 4) is 5.75 Å². The maximum absolute atomic E-state index is 11.6. The van der Waals surface area contributed by atoms with Crippen molar-refractivity contribution in [2.75, 3.05) is 6.61 Å². The van der Waals surface area contributed by atoms with Crippen LogP contribution in [0.1, 0.15) is 5.56 Å². The molecule has 0 bridgehead atoms. The summed E-state index contributed by atoms with van der Waals surface area (Å²) in [7, 11) is 0. The number of amides is 1. The molecule has 0 unspecified atom stereocenters. The Labute approximate surface area is 136 Å². The predicted molar refractivity (Wildman–Crippen MR) is 85.8 cm³/mol. The van der Waals surface area contributed by atoms with Crippen LogP contribution in [0, 0.1) is 10.1 Å². The van der Waals surface area contributed by atoms with Crippen LogP contribution in [0.5, 0.6) is 5.75 Å². The fourth-order valence-corrected chi connectivity index (χ4v) is 1.76. The van der Waals surface area contributed by atoms with E-state index < -0.39 is 10.8 Å². The fourth-order valence-electron chi connectivity index (χ4n) is 1.63. The average Bonchev–Trinajstić information content (AvgIpc) is 2.55. The van der Waals surface area contributed by atoms with E-state index in [-0.39, 0.29) is 18.0 Å². The Morgan fingerprint density at radius 1 is 1.26 bits per heavy atom. The van der Waals surface area contributed by atoms with Crippen LogP contribution < -0.4 is 10.2 Å². The lowest BCUT2D eigenvalue weighted by Gasteiger charge is -2.05. The van der Waals surface area contributed by atoms with E-state index in [2.05, 4.69) is 10.5 Å². The number of nitrogens with one attached hydrogen (secondary N) is 1. The van der Waals surface area contributed by atoms with Crippen LogP contribution in [0.3, 0.4) is 0 Å². The Balaban J connectivity index is 1.86. The monoisotopic (exact) mass is 333 g/mol. The minimum absolute atomic E-state index is 0.0225. The molecule has 0 radical (unpaired) electrons. The first-order chi connectivity index (χ1) is 11.1. The molecular formula is C15H12ClN3O4. The molecule has 118 valence electrons. The number of carbonyl (C=O) groups is 1. The van der Waals surface area contributed by atoms with Crippen molar-refractivity contribution in [2.24, 2.45) is 5.10 Å². The fraction of sp³-hybridized carbons (Fsp3) is 0.0667. The van der Waals surface area contributed by atoms with Crippen molar-refractivity contribution in [3.63, 3.8) is 0 Å². The number of rotatable bonds is 6. The number of hydrogen-bond donors (Lipinski definition) is 1. The van der Waals surface area contributed by atoms with Crippen molar-refractivity contribution in [2.45, 2.75) is 0 Å². The number of nitrogens with zero attached hydrogens (tertiary/aromatic N) is 2. The van der Waals surface area contributed by atoms with E-state index in [0.717, 1.165) is 5.56 Å². The molecule has 2 aromatic carbocycles. The lowest BCUT2D eigenvalue weighted by atomic mass is 10.2. The number of nitro benzene ring substituents is 1. The number of benzene rings is 2. The number of hydrazone groups is 1. The number of ether oxygens (including phenoxy) is 1. The summed E-state index contributed by atoms with van der Waals surface area (Å²) < 4.78 is 5.13. The number of hydrogen-bond acceptors (Lipinski definition) is 5. The van der Waals surface area contributed by atoms with E-state index in [9.17, 15) is 14.9 Å². The van der Waals surface area contributed by atoms with Gasteiger partial charge in [-0.05, 0) is 23.8 Å². The van der Waals surface area contributed by atoms with Crippen molar-refractivity contribution < 1.29 is 14.5 Å². The van der Waals surface area contributed by atoms with E-state index in [4.69, 9.17) is 16.3 Å². The third-order valence-corrected chi connectivity index (χ3v) is 2.95. The van der Waals surface area contributed by atoms with Gasteiger partial charge in [0.2, 0.25) is 0 Å². The summed E-state index contributed by atoms with van der Waals surface area (Å²) in [6.07, 6.45) is 1.44. The van der Waals surface area contributed by atoms with Crippen LogP contribution in [0.15, 0.2) is 53.6 Å². The molecule has 0 aliphatic carbocycles. The van der Waals surface area contributed by atoms with E-state index in [1.54, 1.807) is 30.3 Å². The molecule has 0 saturated heterocycles. The highest BCUT2D eigenvalue weighted by Gasteiger charge is 2.14. The highest BCUT2D eigenvalue weighted by molar-refractivity contribution is 6.30. The van der Waals surface area contributed by atoms with Gasteiger partial charge in [0.1, 0.15) is 0 Å². The smallest absolute Gasteiger partial charge is 0.310 e. The van der Waals surface area contributed by atoms with Crippen LogP contribution >= 0.6 is 11.6 Å². The Morgan fingerprint density at radius 2 is 1.96 bits per heavy atom. The molecule has 1 amide bonds. The van der Waals surface area contributed by atoms with E-state index >= 15 is 0 Å². The number of carbonyl (C=O) groups excluding carboxylic acids is 1. The summed E-state index contributed by atoms with van der Waals surface area (Å²) in [5, 5.41) is 15.2. The van der Waals surface area contributed by atoms with Crippen LogP contribution in [-0.2, 0) is 4.79 Å². The van der Waals surface area contributed by atoms with Gasteiger partial charge in [-0.3, -0.25) is 14.9 Å². The zero-order valence-electron chi connectivity index (χ0n) is 11.8. The average molecular weight is 334 g/mol.